The predicted octanol–water partition coefficient (Wildman–Crippen LogP) is 0.513. The van der Waals surface area contributed by atoms with Gasteiger partial charge in [-0.1, -0.05) is 6.07 Å². The molecular formula is C9H7NO2. The molecule has 1 aliphatic rings. The monoisotopic (exact) mass is 161 g/mol. The van der Waals surface area contributed by atoms with Crippen LogP contribution in [0.4, 0.5) is 0 Å². The van der Waals surface area contributed by atoms with E-state index in [0.29, 0.717) is 6.42 Å². The van der Waals surface area contributed by atoms with Crippen molar-refractivity contribution in [2.75, 3.05) is 0 Å². The lowest BCUT2D eigenvalue weighted by Gasteiger charge is -2.07. The number of carbonyl (C=O) groups excluding carboxylic acids is 1. The molecule has 1 aromatic rings. The number of rotatable bonds is 0. The zero-order valence-corrected chi connectivity index (χ0v) is 6.33. The highest BCUT2D eigenvalue weighted by molar-refractivity contribution is 5.97. The van der Waals surface area contributed by atoms with Gasteiger partial charge in [0.15, 0.2) is 5.78 Å². The van der Waals surface area contributed by atoms with E-state index in [-0.39, 0.29) is 11.3 Å². The minimum atomic E-state index is -0.132. The Bertz CT molecular complexity index is 415. The molecule has 3 nitrogen and oxygen atoms in total. The van der Waals surface area contributed by atoms with E-state index in [2.05, 4.69) is 4.98 Å². The van der Waals surface area contributed by atoms with E-state index in [4.69, 9.17) is 0 Å². The van der Waals surface area contributed by atoms with Crippen LogP contribution < -0.4 is 5.56 Å². The highest BCUT2D eigenvalue weighted by Gasteiger charge is 2.09. The fourth-order valence-corrected chi connectivity index (χ4v) is 1.25. The first kappa shape index (κ1) is 7.03. The number of ketones is 1. The third kappa shape index (κ3) is 1.09. The van der Waals surface area contributed by atoms with E-state index in [0.717, 1.165) is 11.3 Å². The van der Waals surface area contributed by atoms with Crippen molar-refractivity contribution in [3.63, 3.8) is 0 Å². The summed E-state index contributed by atoms with van der Waals surface area (Å²) in [6.07, 6.45) is 3.52. The first-order valence-corrected chi connectivity index (χ1v) is 3.69. The van der Waals surface area contributed by atoms with Gasteiger partial charge in [0, 0.05) is 18.2 Å². The number of aromatic nitrogens is 1. The summed E-state index contributed by atoms with van der Waals surface area (Å²) >= 11 is 0. The molecule has 0 radical (unpaired) electrons. The molecule has 0 aromatic carbocycles. The number of pyridine rings is 1. The molecule has 0 spiro atoms. The van der Waals surface area contributed by atoms with Crippen LogP contribution in [0.2, 0.25) is 0 Å². The van der Waals surface area contributed by atoms with Crippen LogP contribution in [-0.2, 0) is 11.2 Å². The van der Waals surface area contributed by atoms with E-state index in [9.17, 15) is 9.59 Å². The molecule has 0 amide bonds. The Morgan fingerprint density at radius 3 is 2.83 bits per heavy atom. The lowest BCUT2D eigenvalue weighted by Crippen LogP contribution is -2.12. The highest BCUT2D eigenvalue weighted by atomic mass is 16.1. The summed E-state index contributed by atoms with van der Waals surface area (Å²) < 4.78 is 0. The van der Waals surface area contributed by atoms with Crippen LogP contribution in [-0.4, -0.2) is 10.8 Å². The average molecular weight is 161 g/mol. The van der Waals surface area contributed by atoms with Crippen molar-refractivity contribution in [1.82, 2.24) is 4.98 Å². The summed E-state index contributed by atoms with van der Waals surface area (Å²) in [5, 5.41) is 0. The van der Waals surface area contributed by atoms with Gasteiger partial charge in [-0.2, -0.15) is 0 Å². The smallest absolute Gasteiger partial charge is 0.248 e. The van der Waals surface area contributed by atoms with Gasteiger partial charge in [-0.05, 0) is 17.7 Å². The summed E-state index contributed by atoms with van der Waals surface area (Å²) in [6, 6.07) is 3.13. The Hall–Kier alpha value is -1.64. The quantitative estimate of drug-likeness (QED) is 0.602. The summed E-state index contributed by atoms with van der Waals surface area (Å²) in [5.41, 5.74) is 1.51. The molecule has 1 heterocycles. The van der Waals surface area contributed by atoms with Crippen molar-refractivity contribution >= 4 is 11.9 Å². The van der Waals surface area contributed by atoms with Gasteiger partial charge in [-0.15, -0.1) is 0 Å². The zero-order chi connectivity index (χ0) is 8.55. The molecule has 60 valence electrons. The van der Waals surface area contributed by atoms with Crippen LogP contribution in [0.1, 0.15) is 11.3 Å². The van der Waals surface area contributed by atoms with Crippen molar-refractivity contribution in [1.29, 1.82) is 0 Å². The second-order valence-electron chi connectivity index (χ2n) is 2.74. The Morgan fingerprint density at radius 2 is 2.00 bits per heavy atom. The van der Waals surface area contributed by atoms with Gasteiger partial charge < -0.3 is 4.98 Å². The number of allylic oxidation sites excluding steroid dienone is 1. The number of carbonyl (C=O) groups is 1. The second kappa shape index (κ2) is 2.44. The third-order valence-corrected chi connectivity index (χ3v) is 1.84. The fourth-order valence-electron chi connectivity index (χ4n) is 1.25. The van der Waals surface area contributed by atoms with E-state index < -0.39 is 0 Å². The molecule has 0 bridgehead atoms. The number of H-pyrrole nitrogens is 1. The molecule has 0 saturated heterocycles. The minimum absolute atomic E-state index is 0.0783. The molecule has 1 N–H and O–H groups in total. The standard InChI is InChI=1S/C9H7NO2/c11-7-2-3-8-6(5-7)1-4-9(12)10-8/h1-4H,5H2,(H,10,12). The number of hydrogen-bond donors (Lipinski definition) is 1. The first-order chi connectivity index (χ1) is 5.75. The highest BCUT2D eigenvalue weighted by Crippen LogP contribution is 2.12. The molecule has 0 unspecified atom stereocenters. The van der Waals surface area contributed by atoms with Gasteiger partial charge in [-0.25, -0.2) is 0 Å². The molecule has 12 heavy (non-hydrogen) atoms. The molecule has 1 aliphatic carbocycles. The third-order valence-electron chi connectivity index (χ3n) is 1.84. The Morgan fingerprint density at radius 1 is 1.17 bits per heavy atom. The van der Waals surface area contributed by atoms with Crippen molar-refractivity contribution in [2.45, 2.75) is 6.42 Å². The van der Waals surface area contributed by atoms with Gasteiger partial charge in [-0.3, -0.25) is 9.59 Å². The van der Waals surface area contributed by atoms with Crippen LogP contribution in [0.25, 0.3) is 6.08 Å². The molecular weight excluding hydrogens is 154 g/mol. The molecule has 1 aromatic heterocycles. The molecule has 0 aliphatic heterocycles. The number of nitrogens with one attached hydrogen (secondary N) is 1. The van der Waals surface area contributed by atoms with Gasteiger partial charge in [0.1, 0.15) is 0 Å². The topological polar surface area (TPSA) is 49.9 Å². The van der Waals surface area contributed by atoms with E-state index in [1.54, 1.807) is 12.1 Å². The second-order valence-corrected chi connectivity index (χ2v) is 2.74. The fraction of sp³-hybridized carbons (Fsp3) is 0.111. The van der Waals surface area contributed by atoms with Crippen molar-refractivity contribution in [3.05, 3.63) is 39.8 Å². The number of hydrogen-bond acceptors (Lipinski definition) is 2. The minimum Gasteiger partial charge on any atom is -0.322 e. The molecule has 0 atom stereocenters. The maximum absolute atomic E-state index is 10.9. The molecule has 2 rings (SSSR count). The molecule has 3 heteroatoms. The van der Waals surface area contributed by atoms with Crippen molar-refractivity contribution < 1.29 is 4.79 Å². The maximum atomic E-state index is 10.9. The van der Waals surface area contributed by atoms with Crippen LogP contribution in [0.15, 0.2) is 23.0 Å². The van der Waals surface area contributed by atoms with E-state index >= 15 is 0 Å². The van der Waals surface area contributed by atoms with Crippen LogP contribution in [0.3, 0.4) is 0 Å². The first-order valence-electron chi connectivity index (χ1n) is 3.69. The lowest BCUT2D eigenvalue weighted by molar-refractivity contribution is -0.114. The lowest BCUT2D eigenvalue weighted by atomic mass is 10.0. The van der Waals surface area contributed by atoms with Gasteiger partial charge >= 0.3 is 0 Å². The molecule has 0 saturated carbocycles. The van der Waals surface area contributed by atoms with Gasteiger partial charge in [0.25, 0.3) is 0 Å². The Kier molecular flexibility index (Phi) is 1.43. The normalized spacial score (nSPS) is 14.5. The summed E-state index contributed by atoms with van der Waals surface area (Å²) in [6.45, 7) is 0. The van der Waals surface area contributed by atoms with Crippen molar-refractivity contribution in [3.8, 4) is 0 Å². The summed E-state index contributed by atoms with van der Waals surface area (Å²) in [5.74, 6) is 0.0783. The summed E-state index contributed by atoms with van der Waals surface area (Å²) in [4.78, 5) is 24.4. The molecule has 0 fully saturated rings. The largest absolute Gasteiger partial charge is 0.322 e. The van der Waals surface area contributed by atoms with Crippen molar-refractivity contribution in [2.24, 2.45) is 0 Å². The van der Waals surface area contributed by atoms with Crippen LogP contribution in [0.5, 0.6) is 0 Å². The van der Waals surface area contributed by atoms with E-state index in [1.165, 1.54) is 12.1 Å². The maximum Gasteiger partial charge on any atom is 0.248 e. The van der Waals surface area contributed by atoms with Crippen LogP contribution in [0, 0.1) is 0 Å². The number of fused-ring (bicyclic) bond motifs is 1. The number of aromatic amines is 1. The van der Waals surface area contributed by atoms with E-state index in [1.807, 2.05) is 0 Å². The van der Waals surface area contributed by atoms with Crippen LogP contribution >= 0.6 is 0 Å². The Labute approximate surface area is 68.7 Å². The predicted molar refractivity (Wildman–Crippen MR) is 44.8 cm³/mol. The summed E-state index contributed by atoms with van der Waals surface area (Å²) in [7, 11) is 0. The average Bonchev–Trinajstić information content (AvgIpc) is 2.05. The van der Waals surface area contributed by atoms with Gasteiger partial charge in [0.05, 0.1) is 0 Å². The SMILES string of the molecule is O=C1C=Cc2[nH]c(=O)ccc2C1. The Balaban J connectivity index is 2.61. The van der Waals surface area contributed by atoms with Gasteiger partial charge in [0.2, 0.25) is 5.56 Å². The zero-order valence-electron chi connectivity index (χ0n) is 6.33.